The van der Waals surface area contributed by atoms with Crippen LogP contribution in [0.15, 0.2) is 18.2 Å². The Kier molecular flexibility index (Phi) is 5.65. The van der Waals surface area contributed by atoms with Crippen molar-refractivity contribution >= 4 is 12.0 Å². The third kappa shape index (κ3) is 5.41. The largest absolute Gasteiger partial charge is 0.444 e. The fourth-order valence-electron chi connectivity index (χ4n) is 3.09. The van der Waals surface area contributed by atoms with E-state index in [1.165, 1.54) is 17.0 Å². The van der Waals surface area contributed by atoms with Gasteiger partial charge >= 0.3 is 6.09 Å². The van der Waals surface area contributed by atoms with Crippen LogP contribution in [0, 0.1) is 17.6 Å². The summed E-state index contributed by atoms with van der Waals surface area (Å²) in [6.45, 7) is 5.55. The van der Waals surface area contributed by atoms with Crippen LogP contribution in [0.1, 0.15) is 39.2 Å². The van der Waals surface area contributed by atoms with Crippen LogP contribution in [-0.4, -0.2) is 35.1 Å². The van der Waals surface area contributed by atoms with Gasteiger partial charge in [-0.2, -0.15) is 0 Å². The molecular formula is C18H24F2N2O3. The van der Waals surface area contributed by atoms with Gasteiger partial charge in [0.05, 0.1) is 0 Å². The molecule has 0 saturated carbocycles. The van der Waals surface area contributed by atoms with Crippen molar-refractivity contribution < 1.29 is 23.1 Å². The third-order valence-electron chi connectivity index (χ3n) is 4.11. The number of halogens is 2. The van der Waals surface area contributed by atoms with Gasteiger partial charge < -0.3 is 10.5 Å². The molecule has 1 fully saturated rings. The highest BCUT2D eigenvalue weighted by Crippen LogP contribution is 2.28. The first-order valence-corrected chi connectivity index (χ1v) is 8.29. The van der Waals surface area contributed by atoms with Crippen molar-refractivity contribution in [3.63, 3.8) is 0 Å². The van der Waals surface area contributed by atoms with Crippen molar-refractivity contribution in [3.05, 3.63) is 35.4 Å². The molecule has 7 heteroatoms. The Hall–Kier alpha value is -2.18. The van der Waals surface area contributed by atoms with Gasteiger partial charge in [0, 0.05) is 12.6 Å². The summed E-state index contributed by atoms with van der Waals surface area (Å²) in [5.74, 6) is -1.88. The zero-order valence-corrected chi connectivity index (χ0v) is 14.7. The summed E-state index contributed by atoms with van der Waals surface area (Å²) in [7, 11) is 0. The Labute approximate surface area is 146 Å². The van der Waals surface area contributed by atoms with Gasteiger partial charge in [-0.15, -0.1) is 0 Å². The maximum atomic E-state index is 13.3. The van der Waals surface area contributed by atoms with Gasteiger partial charge in [-0.1, -0.05) is 0 Å². The monoisotopic (exact) mass is 354 g/mol. The van der Waals surface area contributed by atoms with Gasteiger partial charge in [-0.3, -0.25) is 9.69 Å². The quantitative estimate of drug-likeness (QED) is 0.907. The SMILES string of the molecule is CC(C)(C)OC(=O)N1CC[C@H](Cc2cc(F)cc(F)c2)CC1C(N)=O. The van der Waals surface area contributed by atoms with E-state index in [1.54, 1.807) is 20.8 Å². The van der Waals surface area contributed by atoms with Crippen molar-refractivity contribution in [3.8, 4) is 0 Å². The van der Waals surface area contributed by atoms with Crippen LogP contribution in [0.4, 0.5) is 13.6 Å². The first-order valence-electron chi connectivity index (χ1n) is 8.29. The number of likely N-dealkylation sites (tertiary alicyclic amines) is 1. The number of carbonyl (C=O) groups excluding carboxylic acids is 2. The lowest BCUT2D eigenvalue weighted by atomic mass is 9.86. The van der Waals surface area contributed by atoms with Crippen LogP contribution in [0.25, 0.3) is 0 Å². The molecule has 0 spiro atoms. The van der Waals surface area contributed by atoms with E-state index < -0.39 is 35.3 Å². The number of piperidine rings is 1. The molecule has 2 atom stereocenters. The second-order valence-electron chi connectivity index (χ2n) is 7.46. The minimum absolute atomic E-state index is 0.00242. The van der Waals surface area contributed by atoms with Crippen molar-refractivity contribution in [1.82, 2.24) is 4.90 Å². The number of primary amides is 1. The zero-order valence-electron chi connectivity index (χ0n) is 14.7. The molecule has 1 heterocycles. The lowest BCUT2D eigenvalue weighted by Gasteiger charge is -2.38. The zero-order chi connectivity index (χ0) is 18.8. The van der Waals surface area contributed by atoms with Gasteiger partial charge in [-0.25, -0.2) is 13.6 Å². The Morgan fingerprint density at radius 2 is 1.84 bits per heavy atom. The van der Waals surface area contributed by atoms with Crippen LogP contribution in [0.5, 0.6) is 0 Å². The molecular weight excluding hydrogens is 330 g/mol. The highest BCUT2D eigenvalue weighted by Gasteiger charge is 2.37. The predicted molar refractivity (Wildman–Crippen MR) is 88.7 cm³/mol. The number of nitrogens with two attached hydrogens (primary N) is 1. The van der Waals surface area contributed by atoms with Crippen molar-refractivity contribution in [2.75, 3.05) is 6.54 Å². The summed E-state index contributed by atoms with van der Waals surface area (Å²) in [5, 5.41) is 0. The third-order valence-corrected chi connectivity index (χ3v) is 4.11. The number of benzene rings is 1. The molecule has 2 rings (SSSR count). The summed E-state index contributed by atoms with van der Waals surface area (Å²) in [6, 6.07) is 2.60. The van der Waals surface area contributed by atoms with Crippen LogP contribution in [0.3, 0.4) is 0 Å². The lowest BCUT2D eigenvalue weighted by molar-refractivity contribution is -0.125. The molecule has 25 heavy (non-hydrogen) atoms. The van der Waals surface area contributed by atoms with Gasteiger partial charge in [0.25, 0.3) is 0 Å². The minimum atomic E-state index is -0.785. The molecule has 5 nitrogen and oxygen atoms in total. The van der Waals surface area contributed by atoms with Crippen LogP contribution < -0.4 is 5.73 Å². The molecule has 2 N–H and O–H groups in total. The summed E-state index contributed by atoms with van der Waals surface area (Å²) in [6.07, 6.45) is 0.778. The highest BCUT2D eigenvalue weighted by molar-refractivity contribution is 5.84. The maximum Gasteiger partial charge on any atom is 0.410 e. The Morgan fingerprint density at radius 1 is 1.24 bits per heavy atom. The topological polar surface area (TPSA) is 72.6 Å². The second-order valence-corrected chi connectivity index (χ2v) is 7.46. The van der Waals surface area contributed by atoms with Gasteiger partial charge in [-0.05, 0) is 63.6 Å². The summed E-state index contributed by atoms with van der Waals surface area (Å²) < 4.78 is 32.0. The molecule has 0 aliphatic carbocycles. The summed E-state index contributed by atoms with van der Waals surface area (Å²) in [5.41, 5.74) is 5.31. The molecule has 0 radical (unpaired) electrons. The van der Waals surface area contributed by atoms with Crippen molar-refractivity contribution in [2.24, 2.45) is 11.7 Å². The van der Waals surface area contributed by atoms with Crippen LogP contribution in [-0.2, 0) is 16.0 Å². The number of hydrogen-bond acceptors (Lipinski definition) is 3. The van der Waals surface area contributed by atoms with E-state index in [4.69, 9.17) is 10.5 Å². The number of nitrogens with zero attached hydrogens (tertiary/aromatic N) is 1. The van der Waals surface area contributed by atoms with E-state index in [2.05, 4.69) is 0 Å². The smallest absolute Gasteiger partial charge is 0.410 e. The average molecular weight is 354 g/mol. The van der Waals surface area contributed by atoms with E-state index in [0.29, 0.717) is 31.4 Å². The lowest BCUT2D eigenvalue weighted by Crippen LogP contribution is -2.53. The Balaban J connectivity index is 2.07. The fourth-order valence-corrected chi connectivity index (χ4v) is 3.09. The molecule has 1 aliphatic rings. The predicted octanol–water partition coefficient (Wildman–Crippen LogP) is 3.01. The summed E-state index contributed by atoms with van der Waals surface area (Å²) in [4.78, 5) is 25.4. The Morgan fingerprint density at radius 3 is 2.36 bits per heavy atom. The van der Waals surface area contributed by atoms with E-state index in [1.807, 2.05) is 0 Å². The molecule has 138 valence electrons. The van der Waals surface area contributed by atoms with Crippen LogP contribution in [0.2, 0.25) is 0 Å². The van der Waals surface area contributed by atoms with Crippen molar-refractivity contribution in [2.45, 2.75) is 51.7 Å². The van der Waals surface area contributed by atoms with E-state index >= 15 is 0 Å². The van der Waals surface area contributed by atoms with Gasteiger partial charge in [0.15, 0.2) is 0 Å². The molecule has 0 bridgehead atoms. The summed E-state index contributed by atoms with van der Waals surface area (Å²) >= 11 is 0. The first-order chi connectivity index (χ1) is 11.5. The molecule has 1 unspecified atom stereocenters. The van der Waals surface area contributed by atoms with Gasteiger partial charge in [0.1, 0.15) is 23.3 Å². The molecule has 1 saturated heterocycles. The van der Waals surface area contributed by atoms with Crippen LogP contribution >= 0.6 is 0 Å². The second kappa shape index (κ2) is 7.37. The Bertz CT molecular complexity index is 638. The molecule has 2 amide bonds. The van der Waals surface area contributed by atoms with E-state index in [-0.39, 0.29) is 5.92 Å². The number of rotatable bonds is 3. The van der Waals surface area contributed by atoms with E-state index in [0.717, 1.165) is 6.07 Å². The molecule has 1 aliphatic heterocycles. The first kappa shape index (κ1) is 19.1. The van der Waals surface area contributed by atoms with E-state index in [9.17, 15) is 18.4 Å². The normalized spacial score (nSPS) is 21.1. The molecule has 1 aromatic carbocycles. The standard InChI is InChI=1S/C18H24F2N2O3/c1-18(2,3)25-17(24)22-5-4-11(9-15(22)16(21)23)6-12-7-13(19)10-14(20)8-12/h7-8,10-11,15H,4-6,9H2,1-3H3,(H2,21,23)/t11-,15?/m1/s1. The van der Waals surface area contributed by atoms with Gasteiger partial charge in [0.2, 0.25) is 5.91 Å². The number of amides is 2. The number of ether oxygens (including phenoxy) is 1. The maximum absolute atomic E-state index is 13.3. The molecule has 1 aromatic rings. The minimum Gasteiger partial charge on any atom is -0.444 e. The highest BCUT2D eigenvalue weighted by atomic mass is 19.1. The van der Waals surface area contributed by atoms with Crippen molar-refractivity contribution in [1.29, 1.82) is 0 Å². The number of carbonyl (C=O) groups is 2. The average Bonchev–Trinajstić information content (AvgIpc) is 2.44. The number of hydrogen-bond donors (Lipinski definition) is 1. The fraction of sp³-hybridized carbons (Fsp3) is 0.556. The molecule has 0 aromatic heterocycles.